The molecule has 1 aromatic carbocycles. The Morgan fingerprint density at radius 1 is 1.32 bits per heavy atom. The van der Waals surface area contributed by atoms with Gasteiger partial charge in [0.05, 0.1) is 5.56 Å². The van der Waals surface area contributed by atoms with E-state index in [2.05, 4.69) is 6.58 Å². The summed E-state index contributed by atoms with van der Waals surface area (Å²) in [5, 5.41) is -0.182. The Hall–Kier alpha value is -2.24. The van der Waals surface area contributed by atoms with Gasteiger partial charge in [-0.15, -0.1) is 0 Å². The molecule has 6 heteroatoms. The van der Waals surface area contributed by atoms with E-state index in [0.29, 0.717) is 11.8 Å². The maximum atomic E-state index is 12.8. The highest BCUT2D eigenvalue weighted by Gasteiger charge is 2.33. The van der Waals surface area contributed by atoms with Crippen LogP contribution in [0.4, 0.5) is 13.2 Å². The zero-order chi connectivity index (χ0) is 14.0. The summed E-state index contributed by atoms with van der Waals surface area (Å²) in [7, 11) is 0. The first-order valence-electron chi connectivity index (χ1n) is 5.30. The van der Waals surface area contributed by atoms with E-state index in [-0.39, 0.29) is 17.6 Å². The van der Waals surface area contributed by atoms with E-state index in [1.165, 1.54) is 24.3 Å². The molecule has 19 heavy (non-hydrogen) atoms. The van der Waals surface area contributed by atoms with Crippen molar-refractivity contribution in [3.8, 4) is 5.75 Å². The van der Waals surface area contributed by atoms with Crippen molar-refractivity contribution in [2.75, 3.05) is 6.61 Å². The molecule has 3 nitrogen and oxygen atoms in total. The zero-order valence-corrected chi connectivity index (χ0v) is 9.66. The minimum atomic E-state index is -4.61. The van der Waals surface area contributed by atoms with Crippen LogP contribution >= 0.6 is 0 Å². The van der Waals surface area contributed by atoms with Crippen LogP contribution in [0.5, 0.6) is 5.75 Å². The van der Waals surface area contributed by atoms with Gasteiger partial charge in [-0.2, -0.15) is 13.2 Å². The average molecular weight is 270 g/mol. The molecule has 0 amide bonds. The van der Waals surface area contributed by atoms with Gasteiger partial charge in [0.15, 0.2) is 0 Å². The molecule has 0 spiro atoms. The lowest BCUT2D eigenvalue weighted by molar-refractivity contribution is -0.136. The summed E-state index contributed by atoms with van der Waals surface area (Å²) in [4.78, 5) is 11.2. The molecule has 0 saturated heterocycles. The summed E-state index contributed by atoms with van der Waals surface area (Å²) in [5.74, 6) is 0.301. The number of ether oxygens (including phenoxy) is 1. The Balaban J connectivity index is 2.61. The molecule has 0 saturated carbocycles. The molecular formula is C13H9F3O3. The fourth-order valence-corrected chi connectivity index (χ4v) is 1.62. The van der Waals surface area contributed by atoms with Crippen molar-refractivity contribution in [2.24, 2.45) is 0 Å². The predicted octanol–water partition coefficient (Wildman–Crippen LogP) is 3.38. The lowest BCUT2D eigenvalue weighted by Gasteiger charge is -2.10. The van der Waals surface area contributed by atoms with Crippen molar-refractivity contribution < 1.29 is 22.3 Å². The summed E-state index contributed by atoms with van der Waals surface area (Å²) >= 11 is 0. The van der Waals surface area contributed by atoms with Crippen LogP contribution in [-0.2, 0) is 6.18 Å². The molecule has 0 radical (unpaired) electrons. The van der Waals surface area contributed by atoms with Gasteiger partial charge in [-0.3, -0.25) is 0 Å². The standard InChI is InChI=1S/C13H9F3O3/c1-2-5-18-8-3-4-9-10(13(14,15)16)7-12(17)19-11(9)6-8/h2-4,6-7H,1,5H2. The molecule has 0 atom stereocenters. The van der Waals surface area contributed by atoms with E-state index >= 15 is 0 Å². The van der Waals surface area contributed by atoms with Crippen LogP contribution in [0.25, 0.3) is 11.0 Å². The highest BCUT2D eigenvalue weighted by atomic mass is 19.4. The van der Waals surface area contributed by atoms with Crippen molar-refractivity contribution in [1.29, 1.82) is 0 Å². The van der Waals surface area contributed by atoms with Crippen LogP contribution in [0.1, 0.15) is 5.56 Å². The van der Waals surface area contributed by atoms with Gasteiger partial charge in [-0.25, -0.2) is 4.79 Å². The second-order valence-corrected chi connectivity index (χ2v) is 3.73. The number of fused-ring (bicyclic) bond motifs is 1. The summed E-state index contributed by atoms with van der Waals surface area (Å²) < 4.78 is 48.3. The molecule has 1 aromatic heterocycles. The zero-order valence-electron chi connectivity index (χ0n) is 9.66. The van der Waals surface area contributed by atoms with E-state index in [9.17, 15) is 18.0 Å². The van der Waals surface area contributed by atoms with Crippen molar-refractivity contribution >= 4 is 11.0 Å². The molecule has 0 aliphatic rings. The fraction of sp³-hybridized carbons (Fsp3) is 0.154. The molecule has 0 aliphatic heterocycles. The SMILES string of the molecule is C=CCOc1ccc2c(C(F)(F)F)cc(=O)oc2c1. The number of rotatable bonds is 3. The molecular weight excluding hydrogens is 261 g/mol. The van der Waals surface area contributed by atoms with E-state index in [0.717, 1.165) is 0 Å². The molecule has 0 N–H and O–H groups in total. The Morgan fingerprint density at radius 3 is 2.68 bits per heavy atom. The van der Waals surface area contributed by atoms with Crippen molar-refractivity contribution in [3.05, 3.63) is 52.9 Å². The number of alkyl halides is 3. The topological polar surface area (TPSA) is 39.4 Å². The van der Waals surface area contributed by atoms with Crippen LogP contribution in [0.2, 0.25) is 0 Å². The molecule has 0 bridgehead atoms. The average Bonchev–Trinajstić information content (AvgIpc) is 2.33. The highest BCUT2D eigenvalue weighted by molar-refractivity contribution is 5.82. The molecule has 0 fully saturated rings. The lowest BCUT2D eigenvalue weighted by Crippen LogP contribution is -2.11. The van der Waals surface area contributed by atoms with E-state index in [1.54, 1.807) is 0 Å². The Kier molecular flexibility index (Phi) is 3.33. The normalized spacial score (nSPS) is 11.5. The maximum Gasteiger partial charge on any atom is 0.417 e. The van der Waals surface area contributed by atoms with Crippen LogP contribution < -0.4 is 10.4 Å². The first-order chi connectivity index (χ1) is 8.91. The minimum absolute atomic E-state index is 0.165. The Labute approximate surface area is 105 Å². The van der Waals surface area contributed by atoms with Crippen molar-refractivity contribution in [1.82, 2.24) is 0 Å². The first-order valence-corrected chi connectivity index (χ1v) is 5.30. The second kappa shape index (κ2) is 4.79. The van der Waals surface area contributed by atoms with E-state index < -0.39 is 17.4 Å². The van der Waals surface area contributed by atoms with Gasteiger partial charge in [-0.1, -0.05) is 12.7 Å². The molecule has 2 rings (SSSR count). The fourth-order valence-electron chi connectivity index (χ4n) is 1.62. The number of hydrogen-bond donors (Lipinski definition) is 0. The largest absolute Gasteiger partial charge is 0.489 e. The van der Waals surface area contributed by atoms with Crippen molar-refractivity contribution in [2.45, 2.75) is 6.18 Å². The molecule has 0 unspecified atom stereocenters. The number of hydrogen-bond acceptors (Lipinski definition) is 3. The molecule has 0 aliphatic carbocycles. The third-order valence-electron chi connectivity index (χ3n) is 2.39. The number of benzene rings is 1. The van der Waals surface area contributed by atoms with E-state index in [4.69, 9.17) is 9.15 Å². The maximum absolute atomic E-state index is 12.8. The van der Waals surface area contributed by atoms with Gasteiger partial charge in [-0.05, 0) is 12.1 Å². The van der Waals surface area contributed by atoms with Crippen LogP contribution in [0.15, 0.2) is 46.1 Å². The molecule has 100 valence electrons. The summed E-state index contributed by atoms with van der Waals surface area (Å²) in [5.41, 5.74) is -2.24. The second-order valence-electron chi connectivity index (χ2n) is 3.73. The molecule has 2 aromatic rings. The smallest absolute Gasteiger partial charge is 0.417 e. The third kappa shape index (κ3) is 2.78. The minimum Gasteiger partial charge on any atom is -0.489 e. The monoisotopic (exact) mass is 270 g/mol. The van der Waals surface area contributed by atoms with Gasteiger partial charge >= 0.3 is 11.8 Å². The summed E-state index contributed by atoms with van der Waals surface area (Å²) in [6.07, 6.45) is -3.12. The summed E-state index contributed by atoms with van der Waals surface area (Å²) in [6, 6.07) is 4.27. The van der Waals surface area contributed by atoms with Crippen LogP contribution in [0, 0.1) is 0 Å². The highest BCUT2D eigenvalue weighted by Crippen LogP contribution is 2.34. The van der Waals surface area contributed by atoms with Gasteiger partial charge in [0.25, 0.3) is 0 Å². The van der Waals surface area contributed by atoms with Gasteiger partial charge in [0.1, 0.15) is 17.9 Å². The summed E-state index contributed by atoms with van der Waals surface area (Å²) in [6.45, 7) is 3.65. The Morgan fingerprint density at radius 2 is 2.05 bits per heavy atom. The van der Waals surface area contributed by atoms with E-state index in [1.807, 2.05) is 0 Å². The predicted molar refractivity (Wildman–Crippen MR) is 63.2 cm³/mol. The van der Waals surface area contributed by atoms with Gasteiger partial charge in [0, 0.05) is 17.5 Å². The van der Waals surface area contributed by atoms with Crippen LogP contribution in [-0.4, -0.2) is 6.61 Å². The third-order valence-corrected chi connectivity index (χ3v) is 2.39. The quantitative estimate of drug-likeness (QED) is 0.634. The first kappa shape index (κ1) is 13.2. The van der Waals surface area contributed by atoms with Gasteiger partial charge in [0.2, 0.25) is 0 Å². The number of halogens is 3. The van der Waals surface area contributed by atoms with Gasteiger partial charge < -0.3 is 9.15 Å². The Bertz CT molecular complexity index is 671. The molecule has 1 heterocycles. The van der Waals surface area contributed by atoms with Crippen LogP contribution in [0.3, 0.4) is 0 Å². The lowest BCUT2D eigenvalue weighted by atomic mass is 10.1. The van der Waals surface area contributed by atoms with Crippen molar-refractivity contribution in [3.63, 3.8) is 0 Å².